The van der Waals surface area contributed by atoms with Crippen LogP contribution < -0.4 is 4.74 Å². The summed E-state index contributed by atoms with van der Waals surface area (Å²) >= 11 is 6.11. The first-order valence-corrected chi connectivity index (χ1v) is 11.8. The van der Waals surface area contributed by atoms with E-state index >= 15 is 0 Å². The Morgan fingerprint density at radius 1 is 1.09 bits per heavy atom. The lowest BCUT2D eigenvalue weighted by Crippen LogP contribution is -2.49. The number of ether oxygens (including phenoxy) is 2. The highest BCUT2D eigenvalue weighted by Crippen LogP contribution is 2.37. The van der Waals surface area contributed by atoms with Gasteiger partial charge in [-0.1, -0.05) is 23.7 Å². The van der Waals surface area contributed by atoms with Gasteiger partial charge in [0.15, 0.2) is 0 Å². The summed E-state index contributed by atoms with van der Waals surface area (Å²) in [5.41, 5.74) is 1.00. The zero-order valence-corrected chi connectivity index (χ0v) is 19.7. The van der Waals surface area contributed by atoms with Gasteiger partial charge in [-0.15, -0.1) is 0 Å². The number of rotatable bonds is 6. The summed E-state index contributed by atoms with van der Waals surface area (Å²) in [6.07, 6.45) is 3.40. The molecule has 0 atom stereocenters. The molecule has 33 heavy (non-hydrogen) atoms. The minimum atomic E-state index is -0.354. The van der Waals surface area contributed by atoms with Gasteiger partial charge in [0.1, 0.15) is 11.4 Å². The van der Waals surface area contributed by atoms with E-state index in [1.807, 2.05) is 41.0 Å². The van der Waals surface area contributed by atoms with Crippen LogP contribution in [-0.4, -0.2) is 72.6 Å². The average molecular weight is 472 g/mol. The molecule has 0 spiro atoms. The number of aryl methyl sites for hydroxylation is 1. The quantitative estimate of drug-likeness (QED) is 0.643. The Kier molecular flexibility index (Phi) is 7.50. The smallest absolute Gasteiger partial charge is 0.272 e. The monoisotopic (exact) mass is 471 g/mol. The van der Waals surface area contributed by atoms with Gasteiger partial charge in [0.2, 0.25) is 5.91 Å². The number of hydrogen-bond acceptors (Lipinski definition) is 5. The molecule has 8 heteroatoms. The molecule has 4 rings (SSSR count). The van der Waals surface area contributed by atoms with Gasteiger partial charge >= 0.3 is 0 Å². The van der Waals surface area contributed by atoms with Gasteiger partial charge in [-0.05, 0) is 49.6 Å². The molecule has 2 amide bonds. The number of piperidine rings is 1. The molecule has 0 bridgehead atoms. The molecule has 0 N–H and O–H groups in total. The molecule has 1 aromatic heterocycles. The molecule has 3 heterocycles. The molecular formula is C25H30ClN3O4. The third-order valence-electron chi connectivity index (χ3n) is 6.55. The first-order chi connectivity index (χ1) is 16.0. The van der Waals surface area contributed by atoms with Crippen LogP contribution in [0.3, 0.4) is 0 Å². The van der Waals surface area contributed by atoms with Crippen LogP contribution >= 0.6 is 11.6 Å². The zero-order chi connectivity index (χ0) is 23.3. The van der Waals surface area contributed by atoms with E-state index in [0.29, 0.717) is 81.7 Å². The van der Waals surface area contributed by atoms with Crippen LogP contribution in [0.4, 0.5) is 0 Å². The number of aromatic nitrogens is 1. The van der Waals surface area contributed by atoms with Crippen molar-refractivity contribution in [3.8, 4) is 5.75 Å². The fourth-order valence-corrected chi connectivity index (χ4v) is 4.63. The second kappa shape index (κ2) is 10.5. The third-order valence-corrected chi connectivity index (χ3v) is 6.79. The molecule has 7 nitrogen and oxygen atoms in total. The number of amides is 2. The van der Waals surface area contributed by atoms with E-state index in [1.54, 1.807) is 18.3 Å². The van der Waals surface area contributed by atoms with Crippen LogP contribution in [0, 0.1) is 12.3 Å². The van der Waals surface area contributed by atoms with Gasteiger partial charge in [-0.2, -0.15) is 0 Å². The summed E-state index contributed by atoms with van der Waals surface area (Å²) in [4.78, 5) is 34.2. The fraction of sp³-hybridized carbons (Fsp3) is 0.480. The number of benzene rings is 1. The second-order valence-electron chi connectivity index (χ2n) is 8.88. The van der Waals surface area contributed by atoms with Crippen molar-refractivity contribution in [1.82, 2.24) is 14.8 Å². The van der Waals surface area contributed by atoms with E-state index < -0.39 is 0 Å². The number of carbonyl (C=O) groups is 2. The normalized spacial score (nSPS) is 18.1. The highest BCUT2D eigenvalue weighted by molar-refractivity contribution is 6.30. The number of carbonyl (C=O) groups excluding carboxylic acids is 2. The van der Waals surface area contributed by atoms with Crippen molar-refractivity contribution < 1.29 is 19.1 Å². The third kappa shape index (κ3) is 5.84. The Morgan fingerprint density at radius 3 is 2.55 bits per heavy atom. The Hall–Kier alpha value is -2.64. The molecule has 0 saturated carbocycles. The molecule has 2 aliphatic rings. The minimum absolute atomic E-state index is 0.0584. The van der Waals surface area contributed by atoms with Crippen molar-refractivity contribution in [1.29, 1.82) is 0 Å². The van der Waals surface area contributed by atoms with Crippen molar-refractivity contribution in [3.63, 3.8) is 0 Å². The van der Waals surface area contributed by atoms with Crippen molar-refractivity contribution in [2.75, 3.05) is 46.0 Å². The minimum Gasteiger partial charge on any atom is -0.493 e. The first-order valence-electron chi connectivity index (χ1n) is 11.4. The van der Waals surface area contributed by atoms with Gasteiger partial charge < -0.3 is 19.3 Å². The number of nitrogens with zero attached hydrogens (tertiary/aromatic N) is 3. The van der Waals surface area contributed by atoms with Gasteiger partial charge in [0.05, 0.1) is 19.8 Å². The lowest BCUT2D eigenvalue weighted by atomic mass is 9.75. The van der Waals surface area contributed by atoms with Crippen LogP contribution in [0.15, 0.2) is 42.6 Å². The van der Waals surface area contributed by atoms with Gasteiger partial charge in [0.25, 0.3) is 5.91 Å². The van der Waals surface area contributed by atoms with Crippen LogP contribution in [0.2, 0.25) is 5.02 Å². The second-order valence-corrected chi connectivity index (χ2v) is 9.31. The van der Waals surface area contributed by atoms with E-state index in [1.165, 1.54) is 0 Å². The molecule has 2 aromatic rings. The van der Waals surface area contributed by atoms with Gasteiger partial charge in [0, 0.05) is 49.2 Å². The number of pyridine rings is 1. The summed E-state index contributed by atoms with van der Waals surface area (Å²) in [7, 11) is 0. The van der Waals surface area contributed by atoms with E-state index in [9.17, 15) is 9.59 Å². The van der Waals surface area contributed by atoms with Gasteiger partial charge in [-0.25, -0.2) is 0 Å². The standard InChI is InChI=1S/C25H30ClN3O4/c1-19-4-3-9-27-23(19)24(31)29-10-7-25(8-11-29,17-22(30)28-12-14-32-15-13-28)18-33-21-6-2-5-20(26)16-21/h2-6,9,16H,7-8,10-15,17-18H2,1H3. The number of morpholine rings is 1. The summed E-state index contributed by atoms with van der Waals surface area (Å²) in [6, 6.07) is 11.0. The maximum Gasteiger partial charge on any atom is 0.272 e. The topological polar surface area (TPSA) is 72.0 Å². The number of likely N-dealkylation sites (tertiary alicyclic amines) is 1. The van der Waals surface area contributed by atoms with Crippen LogP contribution in [0.5, 0.6) is 5.75 Å². The lowest BCUT2D eigenvalue weighted by Gasteiger charge is -2.42. The number of hydrogen-bond donors (Lipinski definition) is 0. The summed E-state index contributed by atoms with van der Waals surface area (Å²) < 4.78 is 11.5. The Labute approximate surface area is 199 Å². The van der Waals surface area contributed by atoms with Crippen LogP contribution in [0.1, 0.15) is 35.3 Å². The van der Waals surface area contributed by atoms with Crippen LogP contribution in [-0.2, 0) is 9.53 Å². The summed E-state index contributed by atoms with van der Waals surface area (Å²) in [5.74, 6) is 0.744. The number of halogens is 1. The molecule has 1 aromatic carbocycles. The zero-order valence-electron chi connectivity index (χ0n) is 19.0. The van der Waals surface area contributed by atoms with Gasteiger partial charge in [-0.3, -0.25) is 14.6 Å². The molecule has 0 unspecified atom stereocenters. The Bertz CT molecular complexity index is 985. The molecular weight excluding hydrogens is 442 g/mol. The SMILES string of the molecule is Cc1cccnc1C(=O)N1CCC(COc2cccc(Cl)c2)(CC(=O)N2CCOCC2)CC1. The van der Waals surface area contributed by atoms with Crippen molar-refractivity contribution in [2.24, 2.45) is 5.41 Å². The molecule has 0 radical (unpaired) electrons. The van der Waals surface area contributed by atoms with E-state index in [0.717, 1.165) is 5.56 Å². The largest absolute Gasteiger partial charge is 0.493 e. The Balaban J connectivity index is 1.46. The van der Waals surface area contributed by atoms with Crippen molar-refractivity contribution in [2.45, 2.75) is 26.2 Å². The highest BCUT2D eigenvalue weighted by Gasteiger charge is 2.40. The molecule has 176 valence electrons. The summed E-state index contributed by atoms with van der Waals surface area (Å²) in [5, 5.41) is 0.608. The maximum atomic E-state index is 13.1. The highest BCUT2D eigenvalue weighted by atomic mass is 35.5. The molecule has 2 saturated heterocycles. The molecule has 0 aliphatic carbocycles. The predicted molar refractivity (Wildman–Crippen MR) is 126 cm³/mol. The van der Waals surface area contributed by atoms with Crippen LogP contribution in [0.25, 0.3) is 0 Å². The lowest BCUT2D eigenvalue weighted by molar-refractivity contribution is -0.139. The average Bonchev–Trinajstić information content (AvgIpc) is 2.84. The maximum absolute atomic E-state index is 13.1. The van der Waals surface area contributed by atoms with E-state index in [4.69, 9.17) is 21.1 Å². The fourth-order valence-electron chi connectivity index (χ4n) is 4.45. The Morgan fingerprint density at radius 2 is 1.85 bits per heavy atom. The van der Waals surface area contributed by atoms with Crippen molar-refractivity contribution >= 4 is 23.4 Å². The first kappa shape index (κ1) is 23.5. The summed E-state index contributed by atoms with van der Waals surface area (Å²) in [6.45, 7) is 5.80. The van der Waals surface area contributed by atoms with Crippen molar-refractivity contribution in [3.05, 3.63) is 58.9 Å². The predicted octanol–water partition coefficient (Wildman–Crippen LogP) is 3.59. The van der Waals surface area contributed by atoms with E-state index in [2.05, 4.69) is 4.98 Å². The molecule has 2 aliphatic heterocycles. The van der Waals surface area contributed by atoms with E-state index in [-0.39, 0.29) is 17.2 Å². The molecule has 2 fully saturated rings.